The number of morpholine rings is 1. The maximum absolute atomic E-state index is 11.2. The van der Waals surface area contributed by atoms with Crippen LogP contribution in [0, 0.1) is 0 Å². The molecule has 112 valence electrons. The van der Waals surface area contributed by atoms with E-state index >= 15 is 0 Å². The molecular formula is C15H23NO4. The van der Waals surface area contributed by atoms with Gasteiger partial charge in [-0.3, -0.25) is 0 Å². The molecule has 0 atom stereocenters. The smallest absolute Gasteiger partial charge is 0.337 e. The SMILES string of the molecule is C1COCCN1.CCCOc1cccc(C(=O)OC)c1. The zero-order chi connectivity index (χ0) is 14.6. The van der Waals surface area contributed by atoms with Crippen LogP contribution < -0.4 is 10.1 Å². The van der Waals surface area contributed by atoms with E-state index in [0.717, 1.165) is 32.7 Å². The molecule has 1 N–H and O–H groups in total. The highest BCUT2D eigenvalue weighted by atomic mass is 16.5. The zero-order valence-electron chi connectivity index (χ0n) is 12.2. The van der Waals surface area contributed by atoms with Crippen LogP contribution in [0.15, 0.2) is 24.3 Å². The number of carbonyl (C=O) groups excluding carboxylic acids is 1. The first-order chi connectivity index (χ1) is 9.77. The number of esters is 1. The first-order valence-corrected chi connectivity index (χ1v) is 6.87. The van der Waals surface area contributed by atoms with Gasteiger partial charge in [-0.1, -0.05) is 13.0 Å². The summed E-state index contributed by atoms with van der Waals surface area (Å²) in [6, 6.07) is 6.98. The van der Waals surface area contributed by atoms with Gasteiger partial charge in [0.1, 0.15) is 5.75 Å². The topological polar surface area (TPSA) is 56.8 Å². The Labute approximate surface area is 120 Å². The van der Waals surface area contributed by atoms with Gasteiger partial charge >= 0.3 is 5.97 Å². The fourth-order valence-corrected chi connectivity index (χ4v) is 1.57. The van der Waals surface area contributed by atoms with E-state index in [4.69, 9.17) is 9.47 Å². The minimum Gasteiger partial charge on any atom is -0.494 e. The second-order valence-corrected chi connectivity index (χ2v) is 4.23. The number of ether oxygens (including phenoxy) is 3. The van der Waals surface area contributed by atoms with Gasteiger partial charge in [0.15, 0.2) is 0 Å². The summed E-state index contributed by atoms with van der Waals surface area (Å²) in [5, 5.41) is 3.16. The Kier molecular flexibility index (Phi) is 8.42. The van der Waals surface area contributed by atoms with Gasteiger partial charge in [0.05, 0.1) is 32.5 Å². The molecular weight excluding hydrogens is 258 g/mol. The monoisotopic (exact) mass is 281 g/mol. The molecule has 5 nitrogen and oxygen atoms in total. The maximum atomic E-state index is 11.2. The normalized spacial score (nSPS) is 13.9. The van der Waals surface area contributed by atoms with E-state index in [1.165, 1.54) is 7.11 Å². The van der Waals surface area contributed by atoms with Crippen LogP contribution in [0.5, 0.6) is 5.75 Å². The van der Waals surface area contributed by atoms with Crippen LogP contribution in [0.1, 0.15) is 23.7 Å². The lowest BCUT2D eigenvalue weighted by atomic mass is 10.2. The van der Waals surface area contributed by atoms with Crippen molar-refractivity contribution in [3.05, 3.63) is 29.8 Å². The third-order valence-electron chi connectivity index (χ3n) is 2.57. The largest absolute Gasteiger partial charge is 0.494 e. The van der Waals surface area contributed by atoms with E-state index < -0.39 is 0 Å². The molecule has 5 heteroatoms. The highest BCUT2D eigenvalue weighted by Crippen LogP contribution is 2.14. The average Bonchev–Trinajstić information content (AvgIpc) is 2.54. The van der Waals surface area contributed by atoms with E-state index in [1.54, 1.807) is 18.2 Å². The highest BCUT2D eigenvalue weighted by Gasteiger charge is 2.05. The fraction of sp³-hybridized carbons (Fsp3) is 0.533. The van der Waals surface area contributed by atoms with E-state index in [-0.39, 0.29) is 5.97 Å². The van der Waals surface area contributed by atoms with Crippen LogP contribution in [-0.4, -0.2) is 46.0 Å². The lowest BCUT2D eigenvalue weighted by Gasteiger charge is -2.10. The molecule has 0 spiro atoms. The summed E-state index contributed by atoms with van der Waals surface area (Å²) in [6.45, 7) is 6.52. The van der Waals surface area contributed by atoms with Crippen LogP contribution in [-0.2, 0) is 9.47 Å². The van der Waals surface area contributed by atoms with E-state index in [0.29, 0.717) is 17.9 Å². The second kappa shape index (κ2) is 10.2. The van der Waals surface area contributed by atoms with Gasteiger partial charge in [-0.2, -0.15) is 0 Å². The lowest BCUT2D eigenvalue weighted by Crippen LogP contribution is -2.30. The summed E-state index contributed by atoms with van der Waals surface area (Å²) in [4.78, 5) is 11.2. The molecule has 0 radical (unpaired) electrons. The summed E-state index contributed by atoms with van der Waals surface area (Å²) < 4.78 is 15.0. The van der Waals surface area contributed by atoms with E-state index in [1.807, 2.05) is 13.0 Å². The summed E-state index contributed by atoms with van der Waals surface area (Å²) in [5.74, 6) is 0.363. The number of carbonyl (C=O) groups is 1. The molecule has 1 saturated heterocycles. The van der Waals surface area contributed by atoms with Gasteiger partial charge in [-0.15, -0.1) is 0 Å². The summed E-state index contributed by atoms with van der Waals surface area (Å²) in [5.41, 5.74) is 0.515. The van der Waals surface area contributed by atoms with Crippen LogP contribution in [0.3, 0.4) is 0 Å². The lowest BCUT2D eigenvalue weighted by molar-refractivity contribution is 0.0600. The number of hydrogen-bond acceptors (Lipinski definition) is 5. The van der Waals surface area contributed by atoms with Gasteiger partial charge in [-0.25, -0.2) is 4.79 Å². The van der Waals surface area contributed by atoms with Crippen molar-refractivity contribution in [2.75, 3.05) is 40.0 Å². The molecule has 2 rings (SSSR count). The molecule has 0 aromatic heterocycles. The predicted molar refractivity (Wildman–Crippen MR) is 77.3 cm³/mol. The van der Waals surface area contributed by atoms with Gasteiger partial charge < -0.3 is 19.5 Å². The first kappa shape index (κ1) is 16.5. The maximum Gasteiger partial charge on any atom is 0.337 e. The van der Waals surface area contributed by atoms with Crippen molar-refractivity contribution in [3.8, 4) is 5.75 Å². The minimum atomic E-state index is -0.341. The summed E-state index contributed by atoms with van der Waals surface area (Å²) in [7, 11) is 1.36. The second-order valence-electron chi connectivity index (χ2n) is 4.23. The van der Waals surface area contributed by atoms with Crippen LogP contribution in [0.4, 0.5) is 0 Å². The number of hydrogen-bond donors (Lipinski definition) is 1. The Hall–Kier alpha value is -1.59. The number of nitrogens with one attached hydrogen (secondary N) is 1. The molecule has 1 aromatic rings. The molecule has 0 amide bonds. The van der Waals surface area contributed by atoms with Crippen LogP contribution >= 0.6 is 0 Å². The molecule has 0 bridgehead atoms. The Balaban J connectivity index is 0.000000276. The fourth-order valence-electron chi connectivity index (χ4n) is 1.57. The van der Waals surface area contributed by atoms with Gasteiger partial charge in [0.2, 0.25) is 0 Å². The van der Waals surface area contributed by atoms with Crippen molar-refractivity contribution in [2.24, 2.45) is 0 Å². The molecule has 1 aromatic carbocycles. The summed E-state index contributed by atoms with van der Waals surface area (Å²) in [6.07, 6.45) is 0.947. The van der Waals surface area contributed by atoms with E-state index in [2.05, 4.69) is 10.1 Å². The molecule has 0 aliphatic carbocycles. The minimum absolute atomic E-state index is 0.341. The van der Waals surface area contributed by atoms with Crippen LogP contribution in [0.2, 0.25) is 0 Å². The number of methoxy groups -OCH3 is 1. The quantitative estimate of drug-likeness (QED) is 0.854. The molecule has 1 fully saturated rings. The van der Waals surface area contributed by atoms with Crippen molar-refractivity contribution in [1.29, 1.82) is 0 Å². The predicted octanol–water partition coefficient (Wildman–Crippen LogP) is 1.87. The molecule has 1 aliphatic heterocycles. The summed E-state index contributed by atoms with van der Waals surface area (Å²) >= 11 is 0. The van der Waals surface area contributed by atoms with Crippen molar-refractivity contribution in [2.45, 2.75) is 13.3 Å². The van der Waals surface area contributed by atoms with E-state index in [9.17, 15) is 4.79 Å². The first-order valence-electron chi connectivity index (χ1n) is 6.87. The van der Waals surface area contributed by atoms with Crippen molar-refractivity contribution in [1.82, 2.24) is 5.32 Å². The molecule has 20 heavy (non-hydrogen) atoms. The Bertz CT molecular complexity index is 380. The average molecular weight is 281 g/mol. The highest BCUT2D eigenvalue weighted by molar-refractivity contribution is 5.89. The van der Waals surface area contributed by atoms with Gasteiger partial charge in [0.25, 0.3) is 0 Å². The third kappa shape index (κ3) is 6.54. The van der Waals surface area contributed by atoms with Crippen LogP contribution in [0.25, 0.3) is 0 Å². The Morgan fingerprint density at radius 3 is 2.60 bits per heavy atom. The zero-order valence-corrected chi connectivity index (χ0v) is 12.2. The van der Waals surface area contributed by atoms with Crippen molar-refractivity contribution in [3.63, 3.8) is 0 Å². The number of rotatable bonds is 4. The molecule has 1 heterocycles. The van der Waals surface area contributed by atoms with Crippen molar-refractivity contribution < 1.29 is 19.0 Å². The molecule has 0 saturated carbocycles. The third-order valence-corrected chi connectivity index (χ3v) is 2.57. The molecule has 0 unspecified atom stereocenters. The Morgan fingerprint density at radius 2 is 2.10 bits per heavy atom. The Morgan fingerprint density at radius 1 is 1.35 bits per heavy atom. The van der Waals surface area contributed by atoms with Gasteiger partial charge in [-0.05, 0) is 24.6 Å². The standard InChI is InChI=1S/C11H14O3.C4H9NO/c1-3-7-14-10-6-4-5-9(8-10)11(12)13-2;1-3-6-4-2-5-1/h4-6,8H,3,7H2,1-2H3;5H,1-4H2. The van der Waals surface area contributed by atoms with Crippen molar-refractivity contribution >= 4 is 5.97 Å². The number of benzene rings is 1. The molecule has 1 aliphatic rings. The van der Waals surface area contributed by atoms with Gasteiger partial charge in [0, 0.05) is 13.1 Å².